The maximum Gasteiger partial charge on any atom is 0.416 e. The molecule has 0 N–H and O–H groups in total. The highest BCUT2D eigenvalue weighted by Crippen LogP contribution is 2.48. The number of ether oxygens (including phenoxy) is 1. The number of methoxy groups -OCH3 is 1. The van der Waals surface area contributed by atoms with E-state index in [0.717, 1.165) is 23.3 Å². The molecule has 9 heteroatoms. The van der Waals surface area contributed by atoms with Gasteiger partial charge in [-0.3, -0.25) is 9.80 Å². The van der Waals surface area contributed by atoms with Crippen LogP contribution in [0.15, 0.2) is 71.5 Å². The first-order valence-corrected chi connectivity index (χ1v) is 11.9. The van der Waals surface area contributed by atoms with Gasteiger partial charge in [0.15, 0.2) is 0 Å². The topological polar surface area (TPSA) is 73.6 Å². The molecule has 6 nitrogen and oxygen atoms in total. The van der Waals surface area contributed by atoms with Crippen molar-refractivity contribution in [3.05, 3.63) is 88.1 Å². The third-order valence-corrected chi connectivity index (χ3v) is 6.85. The van der Waals surface area contributed by atoms with Crippen LogP contribution in [0.2, 0.25) is 0 Å². The van der Waals surface area contributed by atoms with E-state index < -0.39 is 35.8 Å². The summed E-state index contributed by atoms with van der Waals surface area (Å²) in [6.07, 6.45) is -0.744. The molecule has 2 aliphatic rings. The van der Waals surface area contributed by atoms with Gasteiger partial charge >= 0.3 is 18.2 Å². The molecule has 2 unspecified atom stereocenters. The molecule has 0 bridgehead atoms. The zero-order valence-corrected chi connectivity index (χ0v) is 20.7. The van der Waals surface area contributed by atoms with Crippen LogP contribution in [0.4, 0.5) is 23.7 Å². The summed E-state index contributed by atoms with van der Waals surface area (Å²) < 4.78 is 45.6. The van der Waals surface area contributed by atoms with Crippen molar-refractivity contribution >= 4 is 17.7 Å². The van der Waals surface area contributed by atoms with Crippen LogP contribution < -0.4 is 4.90 Å². The molecule has 2 aromatic carbocycles. The number of allylic oxidation sites excluding steroid dienone is 2. The molecule has 2 atom stereocenters. The van der Waals surface area contributed by atoms with Crippen LogP contribution in [0.3, 0.4) is 0 Å². The lowest BCUT2D eigenvalue weighted by atomic mass is 9.80. The first-order chi connectivity index (χ1) is 17.6. The molecule has 0 aromatic heterocycles. The van der Waals surface area contributed by atoms with E-state index in [9.17, 15) is 28.0 Å². The van der Waals surface area contributed by atoms with E-state index >= 15 is 0 Å². The number of benzene rings is 2. The van der Waals surface area contributed by atoms with Gasteiger partial charge in [0.1, 0.15) is 6.04 Å². The highest BCUT2D eigenvalue weighted by Gasteiger charge is 2.46. The maximum atomic E-state index is 14.2. The van der Waals surface area contributed by atoms with Crippen molar-refractivity contribution in [2.45, 2.75) is 51.4 Å². The summed E-state index contributed by atoms with van der Waals surface area (Å²) >= 11 is 0. The Balaban J connectivity index is 2.01. The average molecular weight is 510 g/mol. The van der Waals surface area contributed by atoms with E-state index in [0.29, 0.717) is 36.1 Å². The predicted molar refractivity (Wildman–Crippen MR) is 131 cm³/mol. The van der Waals surface area contributed by atoms with Gasteiger partial charge in [-0.25, -0.2) is 9.59 Å². The fourth-order valence-corrected chi connectivity index (χ4v) is 5.08. The lowest BCUT2D eigenvalue weighted by molar-refractivity contribution is -0.145. The van der Waals surface area contributed by atoms with E-state index in [1.54, 1.807) is 24.3 Å². The van der Waals surface area contributed by atoms with Crippen molar-refractivity contribution in [2.24, 2.45) is 0 Å². The van der Waals surface area contributed by atoms with Crippen molar-refractivity contribution < 1.29 is 27.5 Å². The number of urea groups is 1. The molecule has 1 aliphatic heterocycles. The zero-order chi connectivity index (χ0) is 26.9. The minimum atomic E-state index is -4.59. The van der Waals surface area contributed by atoms with Crippen LogP contribution in [-0.2, 0) is 15.7 Å². The number of halogens is 3. The summed E-state index contributed by atoms with van der Waals surface area (Å²) in [7, 11) is 1.22. The van der Waals surface area contributed by atoms with Crippen LogP contribution in [-0.4, -0.2) is 30.1 Å². The van der Waals surface area contributed by atoms with Crippen molar-refractivity contribution in [2.75, 3.05) is 12.0 Å². The second-order valence-electron chi connectivity index (χ2n) is 8.94. The minimum Gasteiger partial charge on any atom is -0.467 e. The molecule has 0 radical (unpaired) electrons. The smallest absolute Gasteiger partial charge is 0.416 e. The van der Waals surface area contributed by atoms with E-state index in [2.05, 4.69) is 6.07 Å². The number of carbonyl (C=O) groups excluding carboxylic acids is 2. The van der Waals surface area contributed by atoms with Crippen molar-refractivity contribution in [1.29, 1.82) is 5.26 Å². The highest BCUT2D eigenvalue weighted by molar-refractivity contribution is 6.00. The number of alkyl halides is 3. The molecule has 1 heterocycles. The largest absolute Gasteiger partial charge is 0.467 e. The molecule has 192 valence electrons. The van der Waals surface area contributed by atoms with E-state index in [-0.39, 0.29) is 5.69 Å². The fourth-order valence-electron chi connectivity index (χ4n) is 5.08. The lowest BCUT2D eigenvalue weighted by Crippen LogP contribution is -2.56. The molecule has 0 fully saturated rings. The quantitative estimate of drug-likeness (QED) is 0.441. The second-order valence-corrected chi connectivity index (χ2v) is 8.94. The third kappa shape index (κ3) is 4.71. The van der Waals surface area contributed by atoms with E-state index in [1.807, 2.05) is 13.0 Å². The van der Waals surface area contributed by atoms with Crippen LogP contribution >= 0.6 is 0 Å². The molecule has 4 rings (SSSR count). The molecule has 0 saturated heterocycles. The van der Waals surface area contributed by atoms with Gasteiger partial charge in [0, 0.05) is 11.3 Å². The number of carbonyl (C=O) groups is 2. The predicted octanol–water partition coefficient (Wildman–Crippen LogP) is 6.51. The molecular formula is C28H26F3N3O3. The average Bonchev–Trinajstić information content (AvgIpc) is 2.90. The Morgan fingerprint density at radius 2 is 1.89 bits per heavy atom. The Labute approximate surface area is 213 Å². The van der Waals surface area contributed by atoms with Crippen molar-refractivity contribution in [1.82, 2.24) is 4.90 Å². The van der Waals surface area contributed by atoms with Gasteiger partial charge in [0.2, 0.25) is 0 Å². The molecular weight excluding hydrogens is 483 g/mol. The zero-order valence-electron chi connectivity index (χ0n) is 20.7. The van der Waals surface area contributed by atoms with Crippen LogP contribution in [0.5, 0.6) is 0 Å². The van der Waals surface area contributed by atoms with Gasteiger partial charge in [-0.1, -0.05) is 24.3 Å². The Morgan fingerprint density at radius 3 is 2.49 bits per heavy atom. The summed E-state index contributed by atoms with van der Waals surface area (Å²) in [5, 5.41) is 9.25. The number of esters is 1. The summed E-state index contributed by atoms with van der Waals surface area (Å²) in [5.41, 5.74) is 2.64. The van der Waals surface area contributed by atoms with Crippen molar-refractivity contribution in [3.8, 4) is 6.07 Å². The minimum absolute atomic E-state index is 0.0741. The molecule has 1 aliphatic carbocycles. The van der Waals surface area contributed by atoms with Crippen molar-refractivity contribution in [3.63, 3.8) is 0 Å². The monoisotopic (exact) mass is 509 g/mol. The molecule has 0 saturated carbocycles. The summed E-state index contributed by atoms with van der Waals surface area (Å²) in [6.45, 7) is 3.41. The second kappa shape index (κ2) is 10.1. The molecule has 2 aromatic rings. The van der Waals surface area contributed by atoms with E-state index in [1.165, 1.54) is 36.0 Å². The summed E-state index contributed by atoms with van der Waals surface area (Å²) in [5.74, 6) is -0.655. The Kier molecular flexibility index (Phi) is 7.12. The highest BCUT2D eigenvalue weighted by atomic mass is 19.4. The Morgan fingerprint density at radius 1 is 1.19 bits per heavy atom. The van der Waals surface area contributed by atoms with Crippen LogP contribution in [0.1, 0.15) is 55.8 Å². The lowest BCUT2D eigenvalue weighted by Gasteiger charge is -2.48. The molecule has 2 amide bonds. The number of nitrogens with zero attached hydrogens (tertiary/aromatic N) is 3. The SMILES string of the molecule is CC=C1CCCC2=C1C(c1ccc(C#N)cc1)N(C(C)C(=O)OC)C(=O)N2c1cccc(C(F)(F)F)c1. The maximum absolute atomic E-state index is 14.2. The number of amides is 2. The number of hydrogen-bond donors (Lipinski definition) is 0. The van der Waals surface area contributed by atoms with Gasteiger partial charge in [-0.15, -0.1) is 0 Å². The van der Waals surface area contributed by atoms with Gasteiger partial charge < -0.3 is 4.74 Å². The van der Waals surface area contributed by atoms with Gasteiger partial charge in [-0.2, -0.15) is 18.4 Å². The number of nitriles is 1. The number of rotatable bonds is 4. The number of anilines is 1. The Hall–Kier alpha value is -4.06. The number of hydrogen-bond acceptors (Lipinski definition) is 4. The third-order valence-electron chi connectivity index (χ3n) is 6.85. The fraction of sp³-hybridized carbons (Fsp3) is 0.321. The molecule has 37 heavy (non-hydrogen) atoms. The van der Waals surface area contributed by atoms with Gasteiger partial charge in [0.05, 0.1) is 36.0 Å². The Bertz CT molecular complexity index is 1320. The first kappa shape index (κ1) is 26.0. The van der Waals surface area contributed by atoms with Crippen LogP contribution in [0, 0.1) is 11.3 Å². The normalized spacial score (nSPS) is 20.0. The van der Waals surface area contributed by atoms with Gasteiger partial charge in [-0.05, 0) is 74.6 Å². The summed E-state index contributed by atoms with van der Waals surface area (Å²) in [6, 6.07) is 11.1. The van der Waals surface area contributed by atoms with Crippen LogP contribution in [0.25, 0.3) is 0 Å². The molecule has 0 spiro atoms. The first-order valence-electron chi connectivity index (χ1n) is 11.9. The van der Waals surface area contributed by atoms with E-state index in [4.69, 9.17) is 4.74 Å². The van der Waals surface area contributed by atoms with Gasteiger partial charge in [0.25, 0.3) is 0 Å². The standard InChI is InChI=1S/C28H26F3N3O3/c1-4-19-7-5-10-23-24(19)25(20-13-11-18(16-32)12-14-20)33(17(2)26(35)37-3)27(36)34(23)22-9-6-8-21(15-22)28(29,30)31/h4,6,8-9,11-15,17,25H,5,7,10H2,1-3H3. The summed E-state index contributed by atoms with van der Waals surface area (Å²) in [4.78, 5) is 29.5.